The summed E-state index contributed by atoms with van der Waals surface area (Å²) < 4.78 is 55.4. The van der Waals surface area contributed by atoms with Crippen LogP contribution in [0.4, 0.5) is 11.4 Å². The lowest BCUT2D eigenvalue weighted by Gasteiger charge is -2.37. The number of amides is 2. The second-order valence-electron chi connectivity index (χ2n) is 17.3. The summed E-state index contributed by atoms with van der Waals surface area (Å²) in [6.07, 6.45) is 26.7. The van der Waals surface area contributed by atoms with Crippen molar-refractivity contribution in [1.29, 1.82) is 0 Å². The molecule has 17 heteroatoms. The Labute approximate surface area is 392 Å². The van der Waals surface area contributed by atoms with Gasteiger partial charge in [0.05, 0.1) is 49.3 Å². The van der Waals surface area contributed by atoms with Crippen molar-refractivity contribution >= 4 is 57.0 Å². The normalized spacial score (nSPS) is 19.8. The average Bonchev–Trinajstić information content (AvgIpc) is 3.85. The molecule has 0 aromatic heterocycles. The van der Waals surface area contributed by atoms with Crippen molar-refractivity contribution in [2.45, 2.75) is 123 Å². The first-order valence-electron chi connectivity index (χ1n) is 23.1. The van der Waals surface area contributed by atoms with E-state index in [1.807, 2.05) is 30.4 Å². The minimum atomic E-state index is -4.68. The molecule has 0 unspecified atom stereocenters. The Morgan fingerprint density at radius 2 is 1.53 bits per heavy atom. The number of methoxy groups -OCH3 is 1. The zero-order valence-corrected chi connectivity index (χ0v) is 39.5. The lowest BCUT2D eigenvalue weighted by Crippen LogP contribution is -2.36. The molecule has 0 atom stereocenters. The Balaban J connectivity index is 1.11. The highest BCUT2D eigenvalue weighted by molar-refractivity contribution is 7.94. The molecule has 7 rings (SSSR count). The first-order valence-corrected chi connectivity index (χ1v) is 25.2. The summed E-state index contributed by atoms with van der Waals surface area (Å²) in [4.78, 5) is 49.0. The van der Waals surface area contributed by atoms with Gasteiger partial charge in [0.15, 0.2) is 5.71 Å². The van der Waals surface area contributed by atoms with Gasteiger partial charge < -0.3 is 23.8 Å². The second kappa shape index (κ2) is 23.0. The van der Waals surface area contributed by atoms with Crippen LogP contribution in [0.15, 0.2) is 94.4 Å². The van der Waals surface area contributed by atoms with Gasteiger partial charge in [-0.15, -0.1) is 9.40 Å². The van der Waals surface area contributed by atoms with E-state index in [4.69, 9.17) is 23.7 Å². The van der Waals surface area contributed by atoms with E-state index in [9.17, 15) is 27.4 Å². The van der Waals surface area contributed by atoms with Crippen LogP contribution in [-0.2, 0) is 63.9 Å². The fourth-order valence-corrected chi connectivity index (χ4v) is 11.3. The standard InChI is InChI=1S/C49H61N3O12S2/c1-59-33-34-61-32-31-51-41-22-20-37(65-64-63-60-2)35-39(41)48(26-12-7-13-27-48)44(51)18-10-5-3-4-9-17-43-49(28-14-8-15-29-49)40-36-38(66(56,57)58)21-23-42(40)50(43)30-16-6-11-19-47(55)62-52-45(53)24-25-46(52)54/h3-5,9-10,17-18,20-23,35-36H,6-8,11-16,19,24-34H2,1-2H3. The van der Waals surface area contributed by atoms with Gasteiger partial charge in [0.1, 0.15) is 16.7 Å². The number of hydroxylamine groups is 2. The smallest absolute Gasteiger partial charge is 0.333 e. The number of imide groups is 1. The predicted molar refractivity (Wildman–Crippen MR) is 246 cm³/mol. The quantitative estimate of drug-likeness (QED) is 0.0161. The monoisotopic (exact) mass is 947 g/mol. The molecule has 15 nitrogen and oxygen atoms in total. The van der Waals surface area contributed by atoms with Gasteiger partial charge in [-0.2, -0.15) is 4.58 Å². The van der Waals surface area contributed by atoms with Crippen molar-refractivity contribution in [3.05, 3.63) is 95.8 Å². The Kier molecular flexibility index (Phi) is 17.3. The van der Waals surface area contributed by atoms with Gasteiger partial charge in [0.25, 0.3) is 11.8 Å². The van der Waals surface area contributed by atoms with E-state index < -0.39 is 33.3 Å². The molecule has 2 aliphatic carbocycles. The minimum absolute atomic E-state index is 0.0401. The number of hydrogen-bond acceptors (Lipinski definition) is 14. The van der Waals surface area contributed by atoms with Gasteiger partial charge in [-0.3, -0.25) is 9.59 Å². The first kappa shape index (κ1) is 49.4. The summed E-state index contributed by atoms with van der Waals surface area (Å²) in [5.41, 5.74) is 5.86. The van der Waals surface area contributed by atoms with Crippen LogP contribution in [0.1, 0.15) is 114 Å². The van der Waals surface area contributed by atoms with E-state index in [-0.39, 0.29) is 29.6 Å². The maximum atomic E-state index is 12.5. The van der Waals surface area contributed by atoms with Crippen LogP contribution in [0.2, 0.25) is 0 Å². The van der Waals surface area contributed by atoms with Crippen molar-refractivity contribution in [2.24, 2.45) is 0 Å². The zero-order valence-electron chi connectivity index (χ0n) is 37.9. The number of carbonyl (C=O) groups is 3. The number of unbranched alkanes of at least 4 members (excludes halogenated alkanes) is 2. The van der Waals surface area contributed by atoms with E-state index in [1.165, 1.54) is 30.9 Å². The Bertz CT molecular complexity index is 2330. The largest absolute Gasteiger partial charge is 0.744 e. The van der Waals surface area contributed by atoms with Gasteiger partial charge in [0.2, 0.25) is 5.69 Å². The van der Waals surface area contributed by atoms with Crippen molar-refractivity contribution < 1.29 is 60.5 Å². The summed E-state index contributed by atoms with van der Waals surface area (Å²) in [5, 5.41) is 5.26. The number of rotatable bonds is 22. The minimum Gasteiger partial charge on any atom is -0.744 e. The number of anilines is 1. The van der Waals surface area contributed by atoms with Crippen molar-refractivity contribution in [2.75, 3.05) is 52.0 Å². The van der Waals surface area contributed by atoms with Crippen LogP contribution < -0.4 is 4.90 Å². The van der Waals surface area contributed by atoms with Crippen LogP contribution >= 0.6 is 12.0 Å². The molecule has 2 aromatic rings. The molecular weight excluding hydrogens is 887 g/mol. The van der Waals surface area contributed by atoms with Crippen LogP contribution in [0.3, 0.4) is 0 Å². The van der Waals surface area contributed by atoms with Crippen molar-refractivity contribution in [1.82, 2.24) is 5.06 Å². The number of allylic oxidation sites excluding steroid dienone is 8. The predicted octanol–water partition coefficient (Wildman–Crippen LogP) is 8.51. The summed E-state index contributed by atoms with van der Waals surface area (Å²) in [5.74, 6) is -1.64. The highest BCUT2D eigenvalue weighted by Gasteiger charge is 2.52. The summed E-state index contributed by atoms with van der Waals surface area (Å²) in [7, 11) is -1.62. The van der Waals surface area contributed by atoms with E-state index in [0.717, 1.165) is 97.4 Å². The Morgan fingerprint density at radius 3 is 2.24 bits per heavy atom. The van der Waals surface area contributed by atoms with Crippen LogP contribution in [0.25, 0.3) is 0 Å². The van der Waals surface area contributed by atoms with E-state index in [2.05, 4.69) is 44.7 Å². The van der Waals surface area contributed by atoms with Gasteiger partial charge in [-0.1, -0.05) is 73.9 Å². The molecular formula is C49H61N3O12S2. The lowest BCUT2D eigenvalue weighted by molar-refractivity contribution is -0.447. The van der Waals surface area contributed by atoms with Crippen molar-refractivity contribution in [3.8, 4) is 0 Å². The second-order valence-corrected chi connectivity index (χ2v) is 19.5. The molecule has 0 bridgehead atoms. The average molecular weight is 948 g/mol. The van der Waals surface area contributed by atoms with Crippen LogP contribution in [0.5, 0.6) is 0 Å². The van der Waals surface area contributed by atoms with E-state index in [0.29, 0.717) is 57.2 Å². The molecule has 356 valence electrons. The number of carbonyl (C=O) groups excluding carboxylic acids is 3. The summed E-state index contributed by atoms with van der Waals surface area (Å²) >= 11 is 1.11. The lowest BCUT2D eigenvalue weighted by atomic mass is 9.67. The number of hydrogen-bond donors (Lipinski definition) is 0. The highest BCUT2D eigenvalue weighted by atomic mass is 32.2. The fourth-order valence-electron chi connectivity index (χ4n) is 10.4. The maximum absolute atomic E-state index is 12.5. The van der Waals surface area contributed by atoms with Gasteiger partial charge in [0, 0.05) is 78.7 Å². The molecule has 1 saturated heterocycles. The van der Waals surface area contributed by atoms with Crippen LogP contribution in [-0.4, -0.2) is 93.2 Å². The fraction of sp³-hybridized carbons (Fsp3) is 0.510. The van der Waals surface area contributed by atoms with E-state index in [1.54, 1.807) is 19.2 Å². The van der Waals surface area contributed by atoms with Crippen LogP contribution in [0, 0.1) is 0 Å². The maximum Gasteiger partial charge on any atom is 0.333 e. The Hall–Kier alpha value is -4.46. The molecule has 0 N–H and O–H groups in total. The molecule has 2 amide bonds. The number of benzene rings is 2. The first-order chi connectivity index (χ1) is 32.0. The molecule has 3 fully saturated rings. The molecule has 3 aliphatic heterocycles. The van der Waals surface area contributed by atoms with Gasteiger partial charge in [-0.25, -0.2) is 18.1 Å². The highest BCUT2D eigenvalue weighted by Crippen LogP contribution is 2.56. The summed E-state index contributed by atoms with van der Waals surface area (Å²) in [6.45, 7) is 2.88. The summed E-state index contributed by atoms with van der Waals surface area (Å²) in [6, 6.07) is 11.1. The van der Waals surface area contributed by atoms with Gasteiger partial charge in [-0.05, 0) is 80.5 Å². The number of nitrogens with zero attached hydrogens (tertiary/aromatic N) is 3. The third-order valence-corrected chi connectivity index (χ3v) is 14.7. The molecule has 2 aromatic carbocycles. The molecule has 2 saturated carbocycles. The third-order valence-electron chi connectivity index (χ3n) is 13.3. The third kappa shape index (κ3) is 11.3. The molecule has 0 radical (unpaired) electrons. The SMILES string of the molecule is COCCOCCN1C(=CC=CC=CC=CC2=[N+](CCCCCC(=O)ON3C(=O)CCC3=O)c3ccc(S(=O)(=O)[O-])cc3C23CCCCC3)C2(CCCCC2)c2cc(SOOOC)ccc21. The van der Waals surface area contributed by atoms with Crippen molar-refractivity contribution in [3.63, 3.8) is 0 Å². The van der Waals surface area contributed by atoms with Gasteiger partial charge >= 0.3 is 5.97 Å². The molecule has 3 heterocycles. The molecule has 66 heavy (non-hydrogen) atoms. The molecule has 5 aliphatic rings. The van der Waals surface area contributed by atoms with E-state index >= 15 is 0 Å². The Morgan fingerprint density at radius 1 is 0.818 bits per heavy atom. The zero-order chi connectivity index (χ0) is 46.6. The number of fused-ring (bicyclic) bond motifs is 4. The molecule has 2 spiro atoms. The topological polar surface area (TPSA) is 173 Å². The number of ether oxygens (including phenoxy) is 2.